The van der Waals surface area contributed by atoms with Gasteiger partial charge in [-0.1, -0.05) is 60.7 Å². The molecule has 274 valence electrons. The van der Waals surface area contributed by atoms with Crippen molar-refractivity contribution in [2.75, 3.05) is 6.79 Å². The summed E-state index contributed by atoms with van der Waals surface area (Å²) in [6.45, 7) is 6.86. The Kier molecular flexibility index (Phi) is 10.8. The highest BCUT2D eigenvalue weighted by Gasteiger charge is 2.35. The first-order chi connectivity index (χ1) is 25.4. The van der Waals surface area contributed by atoms with Gasteiger partial charge in [0.2, 0.25) is 12.7 Å². The number of carbonyl (C=O) groups excluding carboxylic acids is 2. The van der Waals surface area contributed by atoms with E-state index in [0.29, 0.717) is 35.8 Å². The highest BCUT2D eigenvalue weighted by molar-refractivity contribution is 6.03. The van der Waals surface area contributed by atoms with Gasteiger partial charge < -0.3 is 33.7 Å². The van der Waals surface area contributed by atoms with Gasteiger partial charge in [-0.3, -0.25) is 9.59 Å². The van der Waals surface area contributed by atoms with Gasteiger partial charge in [-0.15, -0.1) is 0 Å². The average molecular weight is 719 g/mol. The van der Waals surface area contributed by atoms with Crippen molar-refractivity contribution in [1.82, 2.24) is 9.88 Å². The van der Waals surface area contributed by atoms with Crippen molar-refractivity contribution >= 4 is 45.8 Å². The Morgan fingerprint density at radius 3 is 2.42 bits per heavy atom. The molecule has 1 aliphatic heterocycles. The minimum absolute atomic E-state index is 0.0450. The number of hydrogen-bond donors (Lipinski definition) is 2. The first-order valence-electron chi connectivity index (χ1n) is 17.4. The zero-order valence-electron chi connectivity index (χ0n) is 30.1. The summed E-state index contributed by atoms with van der Waals surface area (Å²) >= 11 is 0. The molecule has 0 spiro atoms. The molecule has 6 rings (SSSR count). The maximum Gasteiger partial charge on any atom is 0.339 e. The lowest BCUT2D eigenvalue weighted by Crippen LogP contribution is -2.43. The van der Waals surface area contributed by atoms with E-state index in [9.17, 15) is 24.6 Å². The molecule has 1 amide bonds. The molecule has 5 aromatic rings. The number of aromatic nitrogens is 1. The topological polar surface area (TPSA) is 149 Å². The molecule has 2 heterocycles. The van der Waals surface area contributed by atoms with Crippen molar-refractivity contribution in [3.8, 4) is 11.5 Å². The van der Waals surface area contributed by atoms with Crippen LogP contribution >= 0.6 is 0 Å². The van der Waals surface area contributed by atoms with Crippen LogP contribution in [-0.2, 0) is 25.7 Å². The first-order valence-corrected chi connectivity index (χ1v) is 17.4. The number of esters is 1. The second-order valence-corrected chi connectivity index (χ2v) is 14.0. The van der Waals surface area contributed by atoms with Crippen LogP contribution in [0.1, 0.15) is 69.9 Å². The summed E-state index contributed by atoms with van der Waals surface area (Å²) in [5, 5.41) is 23.2. The number of benzene rings is 4. The van der Waals surface area contributed by atoms with Crippen molar-refractivity contribution in [2.24, 2.45) is 0 Å². The molecule has 0 saturated carbocycles. The second-order valence-electron chi connectivity index (χ2n) is 14.0. The molecule has 0 aliphatic carbocycles. The molecular weight excluding hydrogens is 676 g/mol. The first kappa shape index (κ1) is 36.7. The summed E-state index contributed by atoms with van der Waals surface area (Å²) in [5.74, 6) is -3.05. The number of aliphatic hydroxyl groups is 1. The third-order valence-electron chi connectivity index (χ3n) is 9.00. The van der Waals surface area contributed by atoms with Crippen molar-refractivity contribution in [2.45, 2.75) is 71.1 Å². The van der Waals surface area contributed by atoms with E-state index in [-0.39, 0.29) is 19.3 Å². The number of oxazole rings is 1. The highest BCUT2D eigenvalue weighted by atomic mass is 16.7. The molecule has 1 aromatic heterocycles. The summed E-state index contributed by atoms with van der Waals surface area (Å²) in [6, 6.07) is 26.2. The number of carbonyl (C=O) groups is 3. The van der Waals surface area contributed by atoms with Crippen molar-refractivity contribution < 1.29 is 43.2 Å². The van der Waals surface area contributed by atoms with Crippen LogP contribution in [0.4, 0.5) is 0 Å². The number of para-hydroxylation sites is 2. The molecule has 4 aromatic carbocycles. The largest absolute Gasteiger partial charge is 0.503 e. The molecule has 2 unspecified atom stereocenters. The summed E-state index contributed by atoms with van der Waals surface area (Å²) in [4.78, 5) is 45.6. The molecule has 0 radical (unpaired) electrons. The van der Waals surface area contributed by atoms with Crippen LogP contribution < -0.4 is 9.47 Å². The monoisotopic (exact) mass is 718 g/mol. The minimum atomic E-state index is -1.40. The zero-order chi connectivity index (χ0) is 37.7. The lowest BCUT2D eigenvalue weighted by atomic mass is 9.86. The van der Waals surface area contributed by atoms with Crippen LogP contribution in [0, 0.1) is 0 Å². The van der Waals surface area contributed by atoms with E-state index in [2.05, 4.69) is 4.98 Å². The van der Waals surface area contributed by atoms with Gasteiger partial charge in [-0.2, -0.15) is 0 Å². The van der Waals surface area contributed by atoms with E-state index < -0.39 is 47.2 Å². The highest BCUT2D eigenvalue weighted by Crippen LogP contribution is 2.38. The van der Waals surface area contributed by atoms with E-state index in [1.54, 1.807) is 20.8 Å². The predicted octanol–water partition coefficient (Wildman–Crippen LogP) is 8.33. The summed E-state index contributed by atoms with van der Waals surface area (Å²) in [7, 11) is 0. The standard InChI is InChI=1S/C42H42N2O9/c1-26(31(30-19-20-35-36(22-30)51-25-50-35)13-7-10-16-37-43-33-14-8-9-15-34(33)52-37)44(24-27-17-18-28-11-5-6-12-29(28)21-27)40(48)39(47)32(23-38(45)46)41(49)53-42(2,3)4/h5-6,8-12,14-22,26,31,47H,7,13,23-25H2,1-4H3,(H,45,46)/b16-10?,39-32+. The molecule has 53 heavy (non-hydrogen) atoms. The van der Waals surface area contributed by atoms with E-state index >= 15 is 0 Å². The second kappa shape index (κ2) is 15.6. The normalized spacial score (nSPS) is 14.3. The number of carboxylic acid groups (broad SMARTS) is 1. The Morgan fingerprint density at radius 2 is 1.66 bits per heavy atom. The maximum absolute atomic E-state index is 14.5. The van der Waals surface area contributed by atoms with E-state index in [4.69, 9.17) is 18.6 Å². The van der Waals surface area contributed by atoms with Crippen molar-refractivity contribution in [1.29, 1.82) is 0 Å². The van der Waals surface area contributed by atoms with Gasteiger partial charge in [0.15, 0.2) is 22.8 Å². The maximum atomic E-state index is 14.5. The van der Waals surface area contributed by atoms with Gasteiger partial charge in [0.25, 0.3) is 5.91 Å². The van der Waals surface area contributed by atoms with E-state index in [0.717, 1.165) is 27.4 Å². The summed E-state index contributed by atoms with van der Waals surface area (Å²) in [5.41, 5.74) is 1.43. The van der Waals surface area contributed by atoms with Crippen LogP contribution in [-0.4, -0.2) is 56.4 Å². The fourth-order valence-corrected chi connectivity index (χ4v) is 6.41. The third kappa shape index (κ3) is 8.86. The number of allylic oxidation sites excluding steroid dienone is 1. The Morgan fingerprint density at radius 1 is 0.925 bits per heavy atom. The lowest BCUT2D eigenvalue weighted by Gasteiger charge is -2.35. The molecule has 11 nitrogen and oxygen atoms in total. The quantitative estimate of drug-likeness (QED) is 0.0691. The number of fused-ring (bicyclic) bond motifs is 3. The molecule has 1 aliphatic rings. The van der Waals surface area contributed by atoms with Gasteiger partial charge in [-0.25, -0.2) is 9.78 Å². The fraction of sp³-hybridized carbons (Fsp3) is 0.286. The van der Waals surface area contributed by atoms with Crippen LogP contribution in [0.2, 0.25) is 0 Å². The molecule has 0 saturated heterocycles. The molecule has 11 heteroatoms. The lowest BCUT2D eigenvalue weighted by molar-refractivity contribution is -0.152. The smallest absolute Gasteiger partial charge is 0.339 e. The zero-order valence-corrected chi connectivity index (χ0v) is 30.1. The Hall–Kier alpha value is -6.10. The van der Waals surface area contributed by atoms with E-state index in [1.807, 2.05) is 104 Å². The minimum Gasteiger partial charge on any atom is -0.503 e. The average Bonchev–Trinajstić information content (AvgIpc) is 3.77. The number of rotatable bonds is 13. The van der Waals surface area contributed by atoms with Crippen molar-refractivity contribution in [3.63, 3.8) is 0 Å². The van der Waals surface area contributed by atoms with Gasteiger partial charge in [0, 0.05) is 18.5 Å². The fourth-order valence-electron chi connectivity index (χ4n) is 6.41. The number of carboxylic acids is 1. The van der Waals surface area contributed by atoms with Gasteiger partial charge >= 0.3 is 11.9 Å². The number of nitrogens with zero attached hydrogens (tertiary/aromatic N) is 2. The van der Waals surface area contributed by atoms with Crippen LogP contribution in [0.15, 0.2) is 107 Å². The van der Waals surface area contributed by atoms with Crippen LogP contribution in [0.25, 0.3) is 27.9 Å². The summed E-state index contributed by atoms with van der Waals surface area (Å²) in [6.07, 6.45) is 3.96. The Labute approximate surface area is 307 Å². The van der Waals surface area contributed by atoms with E-state index in [1.165, 1.54) is 4.90 Å². The molecule has 0 bridgehead atoms. The Bertz CT molecular complexity index is 2180. The number of hydrogen-bond acceptors (Lipinski definition) is 9. The number of ether oxygens (including phenoxy) is 3. The predicted molar refractivity (Wildman–Crippen MR) is 199 cm³/mol. The third-order valence-corrected chi connectivity index (χ3v) is 9.00. The molecular formula is C42H42N2O9. The van der Waals surface area contributed by atoms with Gasteiger partial charge in [-0.05, 0) is 98.8 Å². The molecule has 0 fully saturated rings. The Balaban J connectivity index is 1.38. The number of aliphatic carboxylic acids is 1. The van der Waals surface area contributed by atoms with Crippen LogP contribution in [0.3, 0.4) is 0 Å². The number of aliphatic hydroxyl groups excluding tert-OH is 1. The molecule has 2 N–H and O–H groups in total. The van der Waals surface area contributed by atoms with Crippen LogP contribution in [0.5, 0.6) is 11.5 Å². The SMILES string of the molecule is CC(C(CCC=Cc1nc2ccccc2o1)c1ccc2c(c1)OCO2)N(Cc1ccc2ccccc2c1)C(=O)/C(O)=C(/CC(=O)O)C(=O)OC(C)(C)C. The summed E-state index contributed by atoms with van der Waals surface area (Å²) < 4.78 is 22.6. The van der Waals surface area contributed by atoms with Gasteiger partial charge in [0.05, 0.1) is 12.0 Å². The molecule has 2 atom stereocenters. The van der Waals surface area contributed by atoms with Crippen molar-refractivity contribution in [3.05, 3.63) is 119 Å². The van der Waals surface area contributed by atoms with Gasteiger partial charge in [0.1, 0.15) is 11.1 Å². The number of amides is 1.